The maximum atomic E-state index is 14.1. The molecule has 3 N–H and O–H groups in total. The first-order valence-corrected chi connectivity index (χ1v) is 12.4. The number of nitrogens with one attached hydrogen (secondary N) is 3. The molecule has 3 unspecified atom stereocenters. The van der Waals surface area contributed by atoms with E-state index in [1.807, 2.05) is 0 Å². The van der Waals surface area contributed by atoms with Gasteiger partial charge in [-0.25, -0.2) is 4.68 Å². The van der Waals surface area contributed by atoms with E-state index >= 15 is 0 Å². The molecule has 3 aromatic rings. The van der Waals surface area contributed by atoms with Gasteiger partial charge in [0.15, 0.2) is 17.5 Å². The lowest BCUT2D eigenvalue weighted by Gasteiger charge is -2.33. The Morgan fingerprint density at radius 1 is 1.10 bits per heavy atom. The molecule has 0 saturated carbocycles. The second kappa shape index (κ2) is 13.0. The Morgan fingerprint density at radius 3 is 2.50 bits per heavy atom. The third-order valence-corrected chi connectivity index (χ3v) is 6.92. The molecule has 1 saturated heterocycles. The predicted molar refractivity (Wildman–Crippen MR) is 149 cm³/mol. The lowest BCUT2D eigenvalue weighted by molar-refractivity contribution is -0.173. The number of hydrogen-bond acceptors (Lipinski definition) is 7. The van der Waals surface area contributed by atoms with Gasteiger partial charge in [-0.1, -0.05) is 6.07 Å². The van der Waals surface area contributed by atoms with Crippen molar-refractivity contribution in [2.24, 2.45) is 0 Å². The van der Waals surface area contributed by atoms with Crippen LogP contribution in [0, 0.1) is 0 Å². The van der Waals surface area contributed by atoms with Gasteiger partial charge in [0, 0.05) is 36.8 Å². The molecule has 0 spiro atoms. The van der Waals surface area contributed by atoms with Crippen LogP contribution in [0.25, 0.3) is 11.3 Å². The van der Waals surface area contributed by atoms with Crippen molar-refractivity contribution in [2.45, 2.75) is 43.6 Å². The quantitative estimate of drug-likeness (QED) is 0.367. The Morgan fingerprint density at radius 2 is 1.88 bits per heavy atom. The van der Waals surface area contributed by atoms with Crippen LogP contribution in [0.3, 0.4) is 0 Å². The number of pyridine rings is 1. The average molecular weight is 603 g/mol. The van der Waals surface area contributed by atoms with E-state index < -0.39 is 18.3 Å². The van der Waals surface area contributed by atoms with E-state index in [4.69, 9.17) is 9.47 Å². The number of amides is 1. The van der Waals surface area contributed by atoms with Crippen LogP contribution < -0.4 is 25.4 Å². The maximum absolute atomic E-state index is 14.1. The summed E-state index contributed by atoms with van der Waals surface area (Å²) in [4.78, 5) is 16.8. The van der Waals surface area contributed by atoms with Crippen molar-refractivity contribution in [1.82, 2.24) is 25.4 Å². The van der Waals surface area contributed by atoms with E-state index in [0.717, 1.165) is 24.1 Å². The van der Waals surface area contributed by atoms with Gasteiger partial charge in [0.2, 0.25) is 0 Å². The Balaban J connectivity index is 0.00000220. The molecule has 3 atom stereocenters. The zero-order valence-corrected chi connectivity index (χ0v) is 23.5. The number of benzene rings is 1. The van der Waals surface area contributed by atoms with Crippen LogP contribution in [0.2, 0.25) is 0 Å². The summed E-state index contributed by atoms with van der Waals surface area (Å²) < 4.78 is 53.9. The van der Waals surface area contributed by atoms with Crippen LogP contribution >= 0.6 is 24.8 Å². The molecule has 9 nitrogen and oxygen atoms in total. The smallest absolute Gasteiger partial charge is 0.410 e. The molecule has 2 aliphatic heterocycles. The van der Waals surface area contributed by atoms with Crippen molar-refractivity contribution >= 4 is 36.5 Å². The molecule has 0 bridgehead atoms. The first-order valence-electron chi connectivity index (χ1n) is 12.4. The third kappa shape index (κ3) is 6.56. The number of hydrogen-bond donors (Lipinski definition) is 3. The van der Waals surface area contributed by atoms with Crippen LogP contribution in [0.15, 0.2) is 42.6 Å². The van der Waals surface area contributed by atoms with Crippen molar-refractivity contribution in [2.75, 3.05) is 32.6 Å². The summed E-state index contributed by atoms with van der Waals surface area (Å²) in [5, 5.41) is 13.6. The SMILES string of the molecule is COc1ccc(C2CC(C(F)(F)F)n3nc(-c4ccc(C(=O)NC5CCCNC5)nc4)cc3N2)cc1OC.Cl.Cl. The second-order valence-electron chi connectivity index (χ2n) is 9.41. The van der Waals surface area contributed by atoms with E-state index in [1.54, 1.807) is 36.4 Å². The molecule has 2 aromatic heterocycles. The fourth-order valence-electron chi connectivity index (χ4n) is 4.92. The molecule has 1 amide bonds. The molecule has 218 valence electrons. The van der Waals surface area contributed by atoms with Gasteiger partial charge >= 0.3 is 6.18 Å². The second-order valence-corrected chi connectivity index (χ2v) is 9.41. The van der Waals surface area contributed by atoms with Crippen molar-refractivity contribution in [3.05, 3.63) is 53.9 Å². The molecule has 2 aliphatic rings. The van der Waals surface area contributed by atoms with Crippen LogP contribution in [-0.2, 0) is 0 Å². The molecule has 0 radical (unpaired) electrons. The summed E-state index contributed by atoms with van der Waals surface area (Å²) in [6.07, 6.45) is -1.42. The summed E-state index contributed by atoms with van der Waals surface area (Å²) in [6.45, 7) is 1.65. The molecule has 0 aliphatic carbocycles. The number of halogens is 5. The van der Waals surface area contributed by atoms with Gasteiger partial charge < -0.3 is 25.4 Å². The Labute approximate surface area is 242 Å². The first kappa shape index (κ1) is 31.3. The number of rotatable bonds is 6. The Hall–Kier alpha value is -3.22. The number of piperidine rings is 1. The predicted octanol–water partition coefficient (Wildman–Crippen LogP) is 4.95. The van der Waals surface area contributed by atoms with Gasteiger partial charge in [-0.3, -0.25) is 9.78 Å². The zero-order valence-electron chi connectivity index (χ0n) is 21.8. The fraction of sp³-hybridized carbons (Fsp3) is 0.423. The monoisotopic (exact) mass is 602 g/mol. The Kier molecular flexibility index (Phi) is 10.1. The van der Waals surface area contributed by atoms with Gasteiger partial charge in [-0.15, -0.1) is 24.8 Å². The van der Waals surface area contributed by atoms with E-state index in [1.165, 1.54) is 20.4 Å². The van der Waals surface area contributed by atoms with Crippen LogP contribution in [0.5, 0.6) is 11.5 Å². The highest BCUT2D eigenvalue weighted by Gasteiger charge is 2.46. The van der Waals surface area contributed by atoms with Gasteiger partial charge in [-0.05, 0) is 49.2 Å². The minimum Gasteiger partial charge on any atom is -0.493 e. The Bertz CT molecular complexity index is 1300. The lowest BCUT2D eigenvalue weighted by Crippen LogP contribution is -2.45. The minimum absolute atomic E-state index is 0. The van der Waals surface area contributed by atoms with Crippen LogP contribution in [-0.4, -0.2) is 60.2 Å². The number of anilines is 1. The fourth-order valence-corrected chi connectivity index (χ4v) is 4.92. The van der Waals surface area contributed by atoms with E-state index in [9.17, 15) is 18.0 Å². The van der Waals surface area contributed by atoms with Gasteiger partial charge in [0.05, 0.1) is 26.0 Å². The minimum atomic E-state index is -4.51. The zero-order chi connectivity index (χ0) is 26.9. The number of fused-ring (bicyclic) bond motifs is 1. The summed E-state index contributed by atoms with van der Waals surface area (Å²) in [5.41, 5.74) is 1.71. The molecule has 1 fully saturated rings. The molecule has 5 rings (SSSR count). The van der Waals surface area contributed by atoms with Crippen LogP contribution in [0.4, 0.5) is 19.0 Å². The lowest BCUT2D eigenvalue weighted by atomic mass is 9.96. The molecule has 14 heteroatoms. The number of nitrogens with zero attached hydrogens (tertiary/aromatic N) is 3. The van der Waals surface area contributed by atoms with Crippen molar-refractivity contribution in [1.29, 1.82) is 0 Å². The average Bonchev–Trinajstić information content (AvgIpc) is 3.36. The first-order chi connectivity index (χ1) is 18.3. The number of ether oxygens (including phenoxy) is 2. The van der Waals surface area contributed by atoms with Crippen molar-refractivity contribution in [3.63, 3.8) is 0 Å². The number of aromatic nitrogens is 3. The number of alkyl halides is 3. The number of carbonyl (C=O) groups excluding carboxylic acids is 1. The highest BCUT2D eigenvalue weighted by molar-refractivity contribution is 5.92. The number of carbonyl (C=O) groups is 1. The normalized spacial score (nSPS) is 20.2. The van der Waals surface area contributed by atoms with Gasteiger partial charge in [-0.2, -0.15) is 18.3 Å². The molecule has 4 heterocycles. The highest BCUT2D eigenvalue weighted by Crippen LogP contribution is 2.45. The van der Waals surface area contributed by atoms with E-state index in [0.29, 0.717) is 34.9 Å². The molecule has 40 heavy (non-hydrogen) atoms. The summed E-state index contributed by atoms with van der Waals surface area (Å²) in [6, 6.07) is 7.42. The summed E-state index contributed by atoms with van der Waals surface area (Å²) in [5.74, 6) is 0.878. The van der Waals surface area contributed by atoms with Crippen molar-refractivity contribution in [3.8, 4) is 22.8 Å². The summed E-state index contributed by atoms with van der Waals surface area (Å²) >= 11 is 0. The maximum Gasteiger partial charge on any atom is 0.410 e. The van der Waals surface area contributed by atoms with Gasteiger partial charge in [0.1, 0.15) is 11.5 Å². The van der Waals surface area contributed by atoms with Crippen LogP contribution in [0.1, 0.15) is 47.4 Å². The van der Waals surface area contributed by atoms with E-state index in [2.05, 4.69) is 26.0 Å². The standard InChI is InChI=1S/C26H29F3N6O3.2ClH/c1-37-21-8-6-15(10-22(21)38-2)19-11-23(26(27,28)29)35-24(33-19)12-20(34-35)16-5-7-18(31-13-16)25(36)32-17-4-3-9-30-14-17;;/h5-8,10,12-13,17,19,23,30,33H,3-4,9,11,14H2,1-2H3,(H,32,36);2*1H. The van der Waals surface area contributed by atoms with Gasteiger partial charge in [0.25, 0.3) is 5.91 Å². The largest absolute Gasteiger partial charge is 0.493 e. The third-order valence-electron chi connectivity index (χ3n) is 6.92. The van der Waals surface area contributed by atoms with Crippen molar-refractivity contribution < 1.29 is 27.4 Å². The topological polar surface area (TPSA) is 102 Å². The molecular weight excluding hydrogens is 572 g/mol. The molecule has 1 aromatic carbocycles. The summed E-state index contributed by atoms with van der Waals surface area (Å²) in [7, 11) is 2.98. The number of methoxy groups -OCH3 is 2. The molecular formula is C26H31Cl2F3N6O3. The van der Waals surface area contributed by atoms with E-state index in [-0.39, 0.29) is 54.7 Å². The highest BCUT2D eigenvalue weighted by atomic mass is 35.5.